The molecule has 8 heteroatoms. The number of carbonyl (C=O) groups excluding carboxylic acids is 1. The fourth-order valence-corrected chi connectivity index (χ4v) is 4.21. The summed E-state index contributed by atoms with van der Waals surface area (Å²) in [6.45, 7) is 0.303. The van der Waals surface area contributed by atoms with Crippen molar-refractivity contribution in [3.63, 3.8) is 0 Å². The van der Waals surface area contributed by atoms with Crippen molar-refractivity contribution in [3.05, 3.63) is 78.4 Å². The fraction of sp³-hybridized carbons (Fsp3) is 0.136. The Bertz CT molecular complexity index is 1210. The monoisotopic (exact) mass is 421 g/mol. The third kappa shape index (κ3) is 3.57. The quantitative estimate of drug-likeness (QED) is 0.494. The maximum Gasteiger partial charge on any atom is 0.273 e. The van der Waals surface area contributed by atoms with Gasteiger partial charge < -0.3 is 9.47 Å². The zero-order valence-corrected chi connectivity index (χ0v) is 16.5. The number of hydrogen-bond acceptors (Lipinski definition) is 6. The summed E-state index contributed by atoms with van der Waals surface area (Å²) in [7, 11) is 0. The number of carbonyl (C=O) groups is 1. The van der Waals surface area contributed by atoms with Crippen molar-refractivity contribution < 1.29 is 18.7 Å². The second kappa shape index (κ2) is 7.72. The zero-order chi connectivity index (χ0) is 20.5. The molecular weight excluding hydrogens is 405 g/mol. The lowest BCUT2D eigenvalue weighted by Crippen LogP contribution is -2.46. The van der Waals surface area contributed by atoms with Crippen molar-refractivity contribution in [3.8, 4) is 11.5 Å². The van der Waals surface area contributed by atoms with E-state index in [1.54, 1.807) is 24.4 Å². The molecule has 0 N–H and O–H groups in total. The number of thiazole rings is 1. The number of amides is 1. The smallest absolute Gasteiger partial charge is 0.273 e. The van der Waals surface area contributed by atoms with E-state index in [4.69, 9.17) is 9.47 Å². The van der Waals surface area contributed by atoms with Crippen molar-refractivity contribution in [1.82, 2.24) is 9.97 Å². The number of hydrogen-bond donors (Lipinski definition) is 0. The largest absolute Gasteiger partial charge is 0.485 e. The summed E-state index contributed by atoms with van der Waals surface area (Å²) in [4.78, 5) is 23.8. The van der Waals surface area contributed by atoms with Gasteiger partial charge in [-0.15, -0.1) is 0 Å². The molecule has 6 nitrogen and oxygen atoms in total. The highest BCUT2D eigenvalue weighted by Gasteiger charge is 2.33. The van der Waals surface area contributed by atoms with Crippen LogP contribution in [0.5, 0.6) is 11.5 Å². The molecule has 2 aromatic heterocycles. The Balaban J connectivity index is 1.49. The third-order valence-corrected chi connectivity index (χ3v) is 5.71. The highest BCUT2D eigenvalue weighted by molar-refractivity contribution is 7.22. The number of anilines is 1. The molecule has 1 amide bonds. The van der Waals surface area contributed by atoms with Gasteiger partial charge in [-0.1, -0.05) is 29.5 Å². The van der Waals surface area contributed by atoms with Crippen LogP contribution in [0.3, 0.4) is 0 Å². The number of para-hydroxylation sites is 2. The first-order valence-electron chi connectivity index (χ1n) is 9.33. The van der Waals surface area contributed by atoms with E-state index in [9.17, 15) is 9.18 Å². The lowest BCUT2D eigenvalue weighted by atomic mass is 10.2. The molecule has 4 aromatic rings. The van der Waals surface area contributed by atoms with E-state index in [-0.39, 0.29) is 24.9 Å². The van der Waals surface area contributed by atoms with Crippen LogP contribution >= 0.6 is 11.3 Å². The van der Waals surface area contributed by atoms with Gasteiger partial charge in [0.15, 0.2) is 16.6 Å². The number of halogens is 1. The van der Waals surface area contributed by atoms with E-state index in [0.717, 1.165) is 0 Å². The van der Waals surface area contributed by atoms with E-state index in [2.05, 4.69) is 9.97 Å². The maximum absolute atomic E-state index is 13.6. The predicted molar refractivity (Wildman–Crippen MR) is 111 cm³/mol. The minimum Gasteiger partial charge on any atom is -0.485 e. The highest BCUT2D eigenvalue weighted by atomic mass is 32.1. The summed E-state index contributed by atoms with van der Waals surface area (Å²) < 4.78 is 25.9. The SMILES string of the molecule is O=C([C@@H]1COc2ccccc2O1)N(Cc1ccccn1)c1nc2ccc(F)cc2s1. The number of aromatic nitrogens is 2. The standard InChI is InChI=1S/C22H16FN3O3S/c23-14-8-9-16-20(11-14)30-22(25-16)26(12-15-5-3-4-10-24-15)21(27)19-13-28-17-6-1-2-7-18(17)29-19/h1-11,19H,12-13H2/t19-/m0/s1. The van der Waals surface area contributed by atoms with Gasteiger partial charge in [0.05, 0.1) is 22.5 Å². The molecule has 0 radical (unpaired) electrons. The number of rotatable bonds is 4. The number of pyridine rings is 1. The molecule has 0 unspecified atom stereocenters. The second-order valence-corrected chi connectivity index (χ2v) is 7.73. The van der Waals surface area contributed by atoms with Gasteiger partial charge >= 0.3 is 0 Å². The number of ether oxygens (including phenoxy) is 2. The zero-order valence-electron chi connectivity index (χ0n) is 15.7. The van der Waals surface area contributed by atoms with Crippen LogP contribution < -0.4 is 14.4 Å². The molecule has 2 aromatic carbocycles. The van der Waals surface area contributed by atoms with Crippen LogP contribution in [0, 0.1) is 5.82 Å². The highest BCUT2D eigenvalue weighted by Crippen LogP contribution is 2.34. The van der Waals surface area contributed by atoms with Gasteiger partial charge in [-0.25, -0.2) is 9.37 Å². The van der Waals surface area contributed by atoms with Gasteiger partial charge in [-0.2, -0.15) is 0 Å². The Kier molecular flexibility index (Phi) is 4.76. The van der Waals surface area contributed by atoms with Crippen molar-refractivity contribution in [1.29, 1.82) is 0 Å². The van der Waals surface area contributed by atoms with E-state index in [1.807, 2.05) is 30.3 Å². The first kappa shape index (κ1) is 18.5. The lowest BCUT2D eigenvalue weighted by molar-refractivity contribution is -0.127. The number of nitrogens with zero attached hydrogens (tertiary/aromatic N) is 3. The van der Waals surface area contributed by atoms with Crippen LogP contribution in [0.25, 0.3) is 10.2 Å². The maximum atomic E-state index is 13.6. The average Bonchev–Trinajstić information content (AvgIpc) is 3.20. The van der Waals surface area contributed by atoms with E-state index in [0.29, 0.717) is 32.5 Å². The van der Waals surface area contributed by atoms with Crippen molar-refractivity contribution in [2.75, 3.05) is 11.5 Å². The Hall–Kier alpha value is -3.52. The summed E-state index contributed by atoms with van der Waals surface area (Å²) in [6, 6.07) is 17.1. The summed E-state index contributed by atoms with van der Waals surface area (Å²) in [5, 5.41) is 0.453. The molecule has 150 valence electrons. The summed E-state index contributed by atoms with van der Waals surface area (Å²) in [6.07, 6.45) is 0.842. The summed E-state index contributed by atoms with van der Waals surface area (Å²) in [5.41, 5.74) is 1.33. The van der Waals surface area contributed by atoms with Gasteiger partial charge in [0.2, 0.25) is 6.10 Å². The summed E-state index contributed by atoms with van der Waals surface area (Å²) >= 11 is 1.25. The first-order valence-corrected chi connectivity index (χ1v) is 10.1. The van der Waals surface area contributed by atoms with Crippen LogP contribution in [0.4, 0.5) is 9.52 Å². The third-order valence-electron chi connectivity index (χ3n) is 4.67. The van der Waals surface area contributed by atoms with Crippen LogP contribution in [0.15, 0.2) is 66.9 Å². The molecule has 0 saturated heterocycles. The van der Waals surface area contributed by atoms with Gasteiger partial charge in [0, 0.05) is 6.20 Å². The van der Waals surface area contributed by atoms with Crippen molar-refractivity contribution in [2.24, 2.45) is 0 Å². The molecule has 0 aliphatic carbocycles. The molecule has 30 heavy (non-hydrogen) atoms. The molecule has 1 aliphatic rings. The molecule has 1 aliphatic heterocycles. The van der Waals surface area contributed by atoms with Gasteiger partial charge in [-0.3, -0.25) is 14.7 Å². The van der Waals surface area contributed by atoms with Crippen LogP contribution in [-0.2, 0) is 11.3 Å². The fourth-order valence-electron chi connectivity index (χ4n) is 3.21. The average molecular weight is 421 g/mol. The molecule has 3 heterocycles. The Morgan fingerprint density at radius 1 is 1.13 bits per heavy atom. The van der Waals surface area contributed by atoms with Crippen molar-refractivity contribution in [2.45, 2.75) is 12.6 Å². The van der Waals surface area contributed by atoms with Gasteiger partial charge in [0.1, 0.15) is 12.4 Å². The van der Waals surface area contributed by atoms with Gasteiger partial charge in [0.25, 0.3) is 5.91 Å². The van der Waals surface area contributed by atoms with E-state index < -0.39 is 6.10 Å². The molecule has 0 fully saturated rings. The molecule has 5 rings (SSSR count). The molecule has 0 bridgehead atoms. The molecule has 0 saturated carbocycles. The second-order valence-electron chi connectivity index (χ2n) is 6.72. The minimum atomic E-state index is -0.827. The Labute approximate surface area is 175 Å². The van der Waals surface area contributed by atoms with Crippen LogP contribution in [0.2, 0.25) is 0 Å². The topological polar surface area (TPSA) is 64.6 Å². The normalized spacial score (nSPS) is 15.2. The Morgan fingerprint density at radius 2 is 1.97 bits per heavy atom. The predicted octanol–water partition coefficient (Wildman–Crippen LogP) is 4.20. The number of fused-ring (bicyclic) bond motifs is 2. The molecule has 1 atom stereocenters. The van der Waals surface area contributed by atoms with E-state index >= 15 is 0 Å². The molecular formula is C22H16FN3O3S. The minimum absolute atomic E-state index is 0.0914. The summed E-state index contributed by atoms with van der Waals surface area (Å²) in [5.74, 6) is 0.482. The molecule has 0 spiro atoms. The van der Waals surface area contributed by atoms with Crippen LogP contribution in [0.1, 0.15) is 5.69 Å². The number of benzene rings is 2. The van der Waals surface area contributed by atoms with Crippen molar-refractivity contribution >= 4 is 32.6 Å². The van der Waals surface area contributed by atoms with Gasteiger partial charge in [-0.05, 0) is 42.5 Å². The Morgan fingerprint density at radius 3 is 2.80 bits per heavy atom. The van der Waals surface area contributed by atoms with E-state index in [1.165, 1.54) is 28.4 Å². The first-order chi connectivity index (χ1) is 14.7. The lowest BCUT2D eigenvalue weighted by Gasteiger charge is -2.29. The van der Waals surface area contributed by atoms with Crippen LogP contribution in [-0.4, -0.2) is 28.6 Å².